The molecule has 0 spiro atoms. The molecule has 0 heterocycles. The Kier molecular flexibility index (Phi) is 9.06. The molecule has 0 saturated heterocycles. The van der Waals surface area contributed by atoms with Crippen LogP contribution in [0, 0.1) is 0 Å². The molecule has 0 radical (unpaired) electrons. The van der Waals surface area contributed by atoms with Gasteiger partial charge in [0, 0.05) is 6.61 Å². The van der Waals surface area contributed by atoms with Crippen LogP contribution in [0.25, 0.3) is 0 Å². The van der Waals surface area contributed by atoms with E-state index in [-0.39, 0.29) is 5.60 Å². The summed E-state index contributed by atoms with van der Waals surface area (Å²) in [5.74, 6) is 0. The van der Waals surface area contributed by atoms with Gasteiger partial charge >= 0.3 is 0 Å². The minimum absolute atomic E-state index is 0.0685. The first-order valence-electron chi connectivity index (χ1n) is 5.85. The number of ether oxygens (including phenoxy) is 3. The van der Waals surface area contributed by atoms with Gasteiger partial charge in [0.05, 0.1) is 32.0 Å². The van der Waals surface area contributed by atoms with Crippen molar-refractivity contribution in [2.24, 2.45) is 0 Å². The molecule has 0 unspecified atom stereocenters. The van der Waals surface area contributed by atoms with Crippen molar-refractivity contribution in [3.05, 3.63) is 0 Å². The van der Waals surface area contributed by atoms with E-state index in [9.17, 15) is 0 Å². The Morgan fingerprint density at radius 1 is 0.800 bits per heavy atom. The molecule has 0 aliphatic carbocycles. The summed E-state index contributed by atoms with van der Waals surface area (Å²) < 4.78 is 16.2. The summed E-state index contributed by atoms with van der Waals surface area (Å²) in [7, 11) is 0. The fraction of sp³-hybridized carbons (Fsp3) is 1.00. The largest absolute Gasteiger partial charge is 0.379 e. The highest BCUT2D eigenvalue weighted by molar-refractivity contribution is 4.57. The molecule has 3 nitrogen and oxygen atoms in total. The maximum Gasteiger partial charge on any atom is 0.0707 e. The Morgan fingerprint density at radius 2 is 1.33 bits per heavy atom. The van der Waals surface area contributed by atoms with E-state index < -0.39 is 0 Å². The van der Waals surface area contributed by atoms with Gasteiger partial charge in [-0.2, -0.15) is 0 Å². The molecule has 0 amide bonds. The van der Waals surface area contributed by atoms with Crippen LogP contribution < -0.4 is 0 Å². The van der Waals surface area contributed by atoms with Gasteiger partial charge in [-0.05, 0) is 27.2 Å². The van der Waals surface area contributed by atoms with Crippen LogP contribution >= 0.6 is 0 Å². The van der Waals surface area contributed by atoms with Crippen molar-refractivity contribution in [1.29, 1.82) is 0 Å². The van der Waals surface area contributed by atoms with E-state index in [0.717, 1.165) is 13.0 Å². The topological polar surface area (TPSA) is 27.7 Å². The van der Waals surface area contributed by atoms with Crippen LogP contribution in [0.1, 0.15) is 40.5 Å². The molecule has 0 fully saturated rings. The smallest absolute Gasteiger partial charge is 0.0707 e. The molecule has 0 bridgehead atoms. The first kappa shape index (κ1) is 14.9. The van der Waals surface area contributed by atoms with Crippen LogP contribution in [0.3, 0.4) is 0 Å². The lowest BCUT2D eigenvalue weighted by atomic mass is 10.2. The van der Waals surface area contributed by atoms with E-state index >= 15 is 0 Å². The van der Waals surface area contributed by atoms with E-state index in [2.05, 4.69) is 6.92 Å². The zero-order chi connectivity index (χ0) is 11.6. The molecule has 0 atom stereocenters. The van der Waals surface area contributed by atoms with Crippen molar-refractivity contribution in [3.63, 3.8) is 0 Å². The van der Waals surface area contributed by atoms with Crippen molar-refractivity contribution in [2.75, 3.05) is 33.0 Å². The second-order valence-corrected chi connectivity index (χ2v) is 4.54. The van der Waals surface area contributed by atoms with Crippen LogP contribution in [0.2, 0.25) is 0 Å². The van der Waals surface area contributed by atoms with Gasteiger partial charge in [0.1, 0.15) is 0 Å². The van der Waals surface area contributed by atoms with Crippen molar-refractivity contribution >= 4 is 0 Å². The maximum absolute atomic E-state index is 5.51. The molecule has 0 aliphatic heterocycles. The summed E-state index contributed by atoms with van der Waals surface area (Å²) >= 11 is 0. The molecule has 92 valence electrons. The molecule has 0 aromatic carbocycles. The third-order valence-electron chi connectivity index (χ3n) is 1.78. The van der Waals surface area contributed by atoms with E-state index in [1.54, 1.807) is 0 Å². The minimum Gasteiger partial charge on any atom is -0.379 e. The molecular weight excluding hydrogens is 192 g/mol. The first-order valence-corrected chi connectivity index (χ1v) is 5.85. The van der Waals surface area contributed by atoms with Gasteiger partial charge in [0.25, 0.3) is 0 Å². The molecule has 0 aliphatic rings. The predicted octanol–water partition coefficient (Wildman–Crippen LogP) is 2.63. The summed E-state index contributed by atoms with van der Waals surface area (Å²) in [6.45, 7) is 11.8. The SMILES string of the molecule is CCCCOCCOCCOC(C)(C)C. The Hall–Kier alpha value is -0.120. The van der Waals surface area contributed by atoms with Gasteiger partial charge in [-0.25, -0.2) is 0 Å². The van der Waals surface area contributed by atoms with E-state index in [4.69, 9.17) is 14.2 Å². The fourth-order valence-corrected chi connectivity index (χ4v) is 0.975. The second-order valence-electron chi connectivity index (χ2n) is 4.54. The minimum atomic E-state index is -0.0685. The Bertz CT molecular complexity index is 129. The Labute approximate surface area is 94.1 Å². The molecule has 0 aromatic rings. The second kappa shape index (κ2) is 9.13. The molecule has 0 aromatic heterocycles. The van der Waals surface area contributed by atoms with E-state index in [1.807, 2.05) is 20.8 Å². The summed E-state index contributed by atoms with van der Waals surface area (Å²) in [6, 6.07) is 0. The molecule has 0 N–H and O–H groups in total. The standard InChI is InChI=1S/C12H26O3/c1-5-6-7-13-8-9-14-10-11-15-12(2,3)4/h5-11H2,1-4H3. The average Bonchev–Trinajstić information content (AvgIpc) is 2.14. The highest BCUT2D eigenvalue weighted by atomic mass is 16.5. The molecule has 0 saturated carbocycles. The van der Waals surface area contributed by atoms with E-state index in [1.165, 1.54) is 6.42 Å². The van der Waals surface area contributed by atoms with Crippen LogP contribution in [0.4, 0.5) is 0 Å². The van der Waals surface area contributed by atoms with Crippen molar-refractivity contribution in [3.8, 4) is 0 Å². The zero-order valence-corrected chi connectivity index (χ0v) is 10.7. The van der Waals surface area contributed by atoms with Crippen LogP contribution in [-0.2, 0) is 14.2 Å². The normalized spacial score (nSPS) is 12.0. The lowest BCUT2D eigenvalue weighted by Gasteiger charge is -2.19. The number of unbranched alkanes of at least 4 members (excludes halogenated alkanes) is 1. The number of hydrogen-bond acceptors (Lipinski definition) is 3. The fourth-order valence-electron chi connectivity index (χ4n) is 0.975. The van der Waals surface area contributed by atoms with Crippen molar-refractivity contribution in [2.45, 2.75) is 46.1 Å². The van der Waals surface area contributed by atoms with E-state index in [0.29, 0.717) is 26.4 Å². The summed E-state index contributed by atoms with van der Waals surface area (Å²) in [4.78, 5) is 0. The maximum atomic E-state index is 5.51. The van der Waals surface area contributed by atoms with Gasteiger partial charge in [0.15, 0.2) is 0 Å². The van der Waals surface area contributed by atoms with Gasteiger partial charge in [-0.15, -0.1) is 0 Å². The van der Waals surface area contributed by atoms with Gasteiger partial charge in [0.2, 0.25) is 0 Å². The first-order chi connectivity index (χ1) is 7.06. The summed E-state index contributed by atoms with van der Waals surface area (Å²) in [5.41, 5.74) is -0.0685. The van der Waals surface area contributed by atoms with Gasteiger partial charge < -0.3 is 14.2 Å². The van der Waals surface area contributed by atoms with Crippen LogP contribution in [0.5, 0.6) is 0 Å². The third kappa shape index (κ3) is 13.9. The number of rotatable bonds is 9. The van der Waals surface area contributed by atoms with Crippen molar-refractivity contribution < 1.29 is 14.2 Å². The summed E-state index contributed by atoms with van der Waals surface area (Å²) in [5, 5.41) is 0. The predicted molar refractivity (Wildman–Crippen MR) is 62.3 cm³/mol. The van der Waals surface area contributed by atoms with Crippen LogP contribution in [-0.4, -0.2) is 38.6 Å². The zero-order valence-electron chi connectivity index (χ0n) is 10.7. The molecule has 0 rings (SSSR count). The monoisotopic (exact) mass is 218 g/mol. The lowest BCUT2D eigenvalue weighted by Crippen LogP contribution is -2.22. The van der Waals surface area contributed by atoms with Gasteiger partial charge in [-0.3, -0.25) is 0 Å². The summed E-state index contributed by atoms with van der Waals surface area (Å²) in [6.07, 6.45) is 2.31. The molecule has 15 heavy (non-hydrogen) atoms. The molecular formula is C12H26O3. The highest BCUT2D eigenvalue weighted by Gasteiger charge is 2.08. The quantitative estimate of drug-likeness (QED) is 0.557. The Morgan fingerprint density at radius 3 is 1.87 bits per heavy atom. The van der Waals surface area contributed by atoms with Crippen molar-refractivity contribution in [1.82, 2.24) is 0 Å². The Balaban J connectivity index is 2.99. The van der Waals surface area contributed by atoms with Gasteiger partial charge in [-0.1, -0.05) is 13.3 Å². The third-order valence-corrected chi connectivity index (χ3v) is 1.78. The average molecular weight is 218 g/mol. The lowest BCUT2D eigenvalue weighted by molar-refractivity contribution is -0.0425. The molecule has 3 heteroatoms. The number of hydrogen-bond donors (Lipinski definition) is 0. The van der Waals surface area contributed by atoms with Crippen LogP contribution in [0.15, 0.2) is 0 Å². The highest BCUT2D eigenvalue weighted by Crippen LogP contribution is 2.05.